The third-order valence-corrected chi connectivity index (χ3v) is 5.50. The third-order valence-electron chi connectivity index (χ3n) is 4.76. The zero-order valence-electron chi connectivity index (χ0n) is 14.0. The molecule has 1 aliphatic rings. The van der Waals surface area contributed by atoms with Crippen LogP contribution in [0.4, 0.5) is 0 Å². The van der Waals surface area contributed by atoms with E-state index in [0.29, 0.717) is 10.0 Å². The molecule has 3 nitrogen and oxygen atoms in total. The van der Waals surface area contributed by atoms with Gasteiger partial charge in [0.05, 0.1) is 21.4 Å². The number of imidazole rings is 1. The summed E-state index contributed by atoms with van der Waals surface area (Å²) in [6, 6.07) is 16.2. The highest BCUT2D eigenvalue weighted by molar-refractivity contribution is 6.42. The van der Waals surface area contributed by atoms with E-state index in [1.165, 1.54) is 17.0 Å². The van der Waals surface area contributed by atoms with Gasteiger partial charge in [-0.15, -0.1) is 0 Å². The molecule has 25 heavy (non-hydrogen) atoms. The molecule has 0 saturated heterocycles. The van der Waals surface area contributed by atoms with Crippen LogP contribution in [0.25, 0.3) is 11.4 Å². The van der Waals surface area contributed by atoms with E-state index < -0.39 is 0 Å². The number of fused-ring (bicyclic) bond motifs is 1. The van der Waals surface area contributed by atoms with Crippen molar-refractivity contribution in [1.29, 1.82) is 0 Å². The van der Waals surface area contributed by atoms with Gasteiger partial charge in [0.2, 0.25) is 0 Å². The third kappa shape index (κ3) is 3.32. The second-order valence-corrected chi connectivity index (χ2v) is 7.28. The van der Waals surface area contributed by atoms with Crippen LogP contribution in [0, 0.1) is 0 Å². The lowest BCUT2D eigenvalue weighted by atomic mass is 10.1. The van der Waals surface area contributed by atoms with Gasteiger partial charge in [0.1, 0.15) is 5.82 Å². The first-order valence-electron chi connectivity index (χ1n) is 8.38. The molecule has 0 unspecified atom stereocenters. The number of benzene rings is 2. The van der Waals surface area contributed by atoms with Gasteiger partial charge in [0, 0.05) is 38.7 Å². The molecule has 0 atom stereocenters. The number of rotatable bonds is 3. The Kier molecular flexibility index (Phi) is 4.55. The molecule has 0 aliphatic carbocycles. The predicted molar refractivity (Wildman–Crippen MR) is 103 cm³/mol. The number of aromatic nitrogens is 2. The average molecular weight is 372 g/mol. The molecule has 1 aliphatic heterocycles. The van der Waals surface area contributed by atoms with E-state index in [-0.39, 0.29) is 0 Å². The average Bonchev–Trinajstić information content (AvgIpc) is 2.96. The second-order valence-electron chi connectivity index (χ2n) is 6.46. The number of hydrogen-bond donors (Lipinski definition) is 0. The van der Waals surface area contributed by atoms with Gasteiger partial charge >= 0.3 is 0 Å². The lowest BCUT2D eigenvalue weighted by Crippen LogP contribution is -2.31. The normalized spacial score (nSPS) is 14.5. The zero-order valence-corrected chi connectivity index (χ0v) is 15.6. The topological polar surface area (TPSA) is 21.1 Å². The Morgan fingerprint density at radius 1 is 1.04 bits per heavy atom. The van der Waals surface area contributed by atoms with Crippen LogP contribution in [0.1, 0.15) is 17.0 Å². The highest BCUT2D eigenvalue weighted by Gasteiger charge is 2.23. The summed E-state index contributed by atoms with van der Waals surface area (Å²) in [5.41, 5.74) is 4.86. The van der Waals surface area contributed by atoms with E-state index in [1.807, 2.05) is 24.3 Å². The Bertz CT molecular complexity index is 903. The summed E-state index contributed by atoms with van der Waals surface area (Å²) in [6.45, 7) is 2.76. The zero-order chi connectivity index (χ0) is 17.4. The van der Waals surface area contributed by atoms with Crippen molar-refractivity contribution in [3.8, 4) is 11.4 Å². The Balaban J connectivity index is 1.57. The Hall–Kier alpha value is -1.81. The molecular formula is C20H19Cl2N3. The molecule has 0 radical (unpaired) electrons. The van der Waals surface area contributed by atoms with Gasteiger partial charge in [0.25, 0.3) is 0 Å². The molecule has 2 aromatic carbocycles. The van der Waals surface area contributed by atoms with E-state index in [4.69, 9.17) is 28.2 Å². The minimum atomic E-state index is 0.602. The molecule has 2 heterocycles. The summed E-state index contributed by atoms with van der Waals surface area (Å²) in [5.74, 6) is 1.04. The first-order valence-corrected chi connectivity index (χ1v) is 9.13. The van der Waals surface area contributed by atoms with E-state index in [9.17, 15) is 0 Å². The first-order chi connectivity index (χ1) is 12.1. The molecule has 3 aromatic rings. The van der Waals surface area contributed by atoms with Crippen LogP contribution in [0.15, 0.2) is 48.5 Å². The van der Waals surface area contributed by atoms with E-state index in [2.05, 4.69) is 40.8 Å². The second kappa shape index (κ2) is 6.83. The van der Waals surface area contributed by atoms with Crippen LogP contribution in [0.2, 0.25) is 10.0 Å². The van der Waals surface area contributed by atoms with Crippen LogP contribution >= 0.6 is 23.2 Å². The Morgan fingerprint density at radius 2 is 1.84 bits per heavy atom. The number of nitrogens with zero attached hydrogens (tertiary/aromatic N) is 3. The van der Waals surface area contributed by atoms with Gasteiger partial charge in [0.15, 0.2) is 0 Å². The number of halogens is 2. The maximum atomic E-state index is 6.14. The van der Waals surface area contributed by atoms with Gasteiger partial charge in [-0.1, -0.05) is 59.6 Å². The summed E-state index contributed by atoms with van der Waals surface area (Å²) < 4.78 is 2.23. The summed E-state index contributed by atoms with van der Waals surface area (Å²) in [4.78, 5) is 7.31. The van der Waals surface area contributed by atoms with Gasteiger partial charge in [-0.3, -0.25) is 4.90 Å². The monoisotopic (exact) mass is 371 g/mol. The molecule has 0 saturated carbocycles. The molecule has 0 spiro atoms. The molecule has 5 heteroatoms. The smallest absolute Gasteiger partial charge is 0.140 e. The minimum absolute atomic E-state index is 0.602. The van der Waals surface area contributed by atoms with Gasteiger partial charge in [-0.05, 0) is 17.7 Å². The van der Waals surface area contributed by atoms with Crippen molar-refractivity contribution in [1.82, 2.24) is 14.5 Å². The van der Waals surface area contributed by atoms with Gasteiger partial charge < -0.3 is 4.57 Å². The van der Waals surface area contributed by atoms with Crippen LogP contribution in [0.5, 0.6) is 0 Å². The fourth-order valence-electron chi connectivity index (χ4n) is 3.42. The molecule has 0 fully saturated rings. The van der Waals surface area contributed by atoms with Gasteiger partial charge in [-0.25, -0.2) is 4.98 Å². The molecule has 0 bridgehead atoms. The Morgan fingerprint density at radius 3 is 2.60 bits per heavy atom. The van der Waals surface area contributed by atoms with Crippen molar-refractivity contribution in [3.05, 3.63) is 75.5 Å². The highest BCUT2D eigenvalue weighted by Crippen LogP contribution is 2.27. The van der Waals surface area contributed by atoms with E-state index in [0.717, 1.165) is 37.4 Å². The highest BCUT2D eigenvalue weighted by atomic mass is 35.5. The maximum absolute atomic E-state index is 6.14. The standard InChI is InChI=1S/C20H19Cl2N3/c1-24-19-13-25(12-14-7-8-16(21)17(22)11-14)10-9-18(19)23-20(24)15-5-3-2-4-6-15/h2-8,11H,9-10,12-13H2,1H3. The maximum Gasteiger partial charge on any atom is 0.140 e. The lowest BCUT2D eigenvalue weighted by molar-refractivity contribution is 0.238. The molecule has 4 rings (SSSR count). The van der Waals surface area contributed by atoms with Crippen LogP contribution in [-0.2, 0) is 26.6 Å². The van der Waals surface area contributed by atoms with E-state index in [1.54, 1.807) is 0 Å². The van der Waals surface area contributed by atoms with Crippen molar-refractivity contribution in [2.24, 2.45) is 7.05 Å². The lowest BCUT2D eigenvalue weighted by Gasteiger charge is -2.27. The summed E-state index contributed by atoms with van der Waals surface area (Å²) in [5, 5.41) is 1.22. The molecule has 1 aromatic heterocycles. The fraction of sp³-hybridized carbons (Fsp3) is 0.250. The molecule has 128 valence electrons. The van der Waals surface area contributed by atoms with Crippen molar-refractivity contribution >= 4 is 23.2 Å². The largest absolute Gasteiger partial charge is 0.330 e. The first kappa shape index (κ1) is 16.6. The van der Waals surface area contributed by atoms with Crippen molar-refractivity contribution in [2.75, 3.05) is 6.54 Å². The minimum Gasteiger partial charge on any atom is -0.330 e. The van der Waals surface area contributed by atoms with Crippen LogP contribution in [-0.4, -0.2) is 21.0 Å². The summed E-state index contributed by atoms with van der Waals surface area (Å²) in [6.07, 6.45) is 0.970. The van der Waals surface area contributed by atoms with Gasteiger partial charge in [-0.2, -0.15) is 0 Å². The SMILES string of the molecule is Cn1c(-c2ccccc2)nc2c1CN(Cc1ccc(Cl)c(Cl)c1)CC2. The molecule has 0 N–H and O–H groups in total. The fourth-order valence-corrected chi connectivity index (χ4v) is 3.74. The summed E-state index contributed by atoms with van der Waals surface area (Å²) in [7, 11) is 2.11. The quantitative estimate of drug-likeness (QED) is 0.649. The van der Waals surface area contributed by atoms with E-state index >= 15 is 0 Å². The van der Waals surface area contributed by atoms with Crippen molar-refractivity contribution in [2.45, 2.75) is 19.5 Å². The molecule has 0 amide bonds. The van der Waals surface area contributed by atoms with Crippen molar-refractivity contribution in [3.63, 3.8) is 0 Å². The van der Waals surface area contributed by atoms with Crippen LogP contribution < -0.4 is 0 Å². The van der Waals surface area contributed by atoms with Crippen molar-refractivity contribution < 1.29 is 0 Å². The van der Waals surface area contributed by atoms with Crippen LogP contribution in [0.3, 0.4) is 0 Å². The predicted octanol–water partition coefficient (Wildman–Crippen LogP) is 4.95. The Labute approximate surface area is 157 Å². The molecular weight excluding hydrogens is 353 g/mol. The number of hydrogen-bond acceptors (Lipinski definition) is 2. The summed E-state index contributed by atoms with van der Waals surface area (Å²) >= 11 is 12.2.